The highest BCUT2D eigenvalue weighted by molar-refractivity contribution is 5.70. The number of alkyl halides is 3. The highest BCUT2D eigenvalue weighted by Crippen LogP contribution is 2.27. The van der Waals surface area contributed by atoms with E-state index in [4.69, 9.17) is 5.73 Å². The average Bonchev–Trinajstić information content (AvgIpc) is 2.29. The number of carbonyl (C=O) groups excluding carboxylic acids is 1. The second-order valence-corrected chi connectivity index (χ2v) is 3.62. The number of nitrogens with two attached hydrogens (primary N) is 1. The van der Waals surface area contributed by atoms with Crippen LogP contribution in [0.3, 0.4) is 0 Å². The van der Waals surface area contributed by atoms with E-state index in [1.165, 1.54) is 0 Å². The van der Waals surface area contributed by atoms with E-state index in [-0.39, 0.29) is 12.0 Å². The third kappa shape index (κ3) is 4.74. The molecule has 0 amide bonds. The zero-order chi connectivity index (χ0) is 14.6. The third-order valence-electron chi connectivity index (χ3n) is 2.22. The molecule has 19 heavy (non-hydrogen) atoms. The van der Waals surface area contributed by atoms with Crippen LogP contribution in [0.5, 0.6) is 5.75 Å². The molecule has 0 aromatic heterocycles. The number of hydrogen-bond acceptors (Lipinski definition) is 4. The summed E-state index contributed by atoms with van der Waals surface area (Å²) in [4.78, 5) is 11.0. The Balaban J connectivity index is 2.84. The lowest BCUT2D eigenvalue weighted by Gasteiger charge is -2.13. The lowest BCUT2D eigenvalue weighted by molar-refractivity contribution is -0.275. The Bertz CT molecular complexity index is 462. The van der Waals surface area contributed by atoms with Crippen molar-refractivity contribution in [3.05, 3.63) is 29.6 Å². The molecule has 1 aromatic rings. The number of ether oxygens (including phenoxy) is 2. The van der Waals surface area contributed by atoms with Crippen molar-refractivity contribution < 1.29 is 31.8 Å². The van der Waals surface area contributed by atoms with Crippen LogP contribution in [0, 0.1) is 5.82 Å². The van der Waals surface area contributed by atoms with Crippen LogP contribution in [0.2, 0.25) is 0 Å². The van der Waals surface area contributed by atoms with Gasteiger partial charge < -0.3 is 15.2 Å². The van der Waals surface area contributed by atoms with Crippen molar-refractivity contribution in [1.29, 1.82) is 0 Å². The number of methoxy groups -OCH3 is 1. The zero-order valence-corrected chi connectivity index (χ0v) is 9.83. The Labute approximate surface area is 106 Å². The van der Waals surface area contributed by atoms with Crippen LogP contribution in [0.4, 0.5) is 17.6 Å². The summed E-state index contributed by atoms with van der Waals surface area (Å²) in [7, 11) is 1.16. The predicted molar refractivity (Wildman–Crippen MR) is 56.6 cm³/mol. The zero-order valence-electron chi connectivity index (χ0n) is 9.83. The highest BCUT2D eigenvalue weighted by atomic mass is 19.4. The Hall–Kier alpha value is -1.83. The Morgan fingerprint density at radius 3 is 2.53 bits per heavy atom. The molecule has 0 radical (unpaired) electrons. The quantitative estimate of drug-likeness (QED) is 0.679. The van der Waals surface area contributed by atoms with E-state index in [2.05, 4.69) is 9.47 Å². The van der Waals surface area contributed by atoms with Crippen molar-refractivity contribution in [3.8, 4) is 5.75 Å². The summed E-state index contributed by atoms with van der Waals surface area (Å²) in [6.07, 6.45) is -5.19. The molecule has 106 valence electrons. The molecule has 0 saturated carbocycles. The van der Waals surface area contributed by atoms with Crippen LogP contribution < -0.4 is 10.5 Å². The van der Waals surface area contributed by atoms with Crippen molar-refractivity contribution >= 4 is 5.97 Å². The molecule has 1 atom stereocenters. The maximum absolute atomic E-state index is 13.4. The van der Waals surface area contributed by atoms with E-state index in [1.807, 2.05) is 0 Å². The van der Waals surface area contributed by atoms with Gasteiger partial charge in [0.2, 0.25) is 0 Å². The molecule has 1 aromatic carbocycles. The minimum absolute atomic E-state index is 0.164. The first kappa shape index (κ1) is 15.2. The van der Waals surface area contributed by atoms with Crippen molar-refractivity contribution in [3.63, 3.8) is 0 Å². The second kappa shape index (κ2) is 5.87. The summed E-state index contributed by atoms with van der Waals surface area (Å²) in [6, 6.07) is 1.86. The van der Waals surface area contributed by atoms with Gasteiger partial charge in [-0.1, -0.05) is 6.07 Å². The van der Waals surface area contributed by atoms with E-state index >= 15 is 0 Å². The second-order valence-electron chi connectivity index (χ2n) is 3.62. The van der Waals surface area contributed by atoms with E-state index in [1.54, 1.807) is 0 Å². The van der Waals surface area contributed by atoms with Gasteiger partial charge in [-0.3, -0.25) is 4.79 Å². The number of hydrogen-bond donors (Lipinski definition) is 1. The summed E-state index contributed by atoms with van der Waals surface area (Å²) >= 11 is 0. The van der Waals surface area contributed by atoms with Crippen molar-refractivity contribution in [2.75, 3.05) is 7.11 Å². The summed E-state index contributed by atoms with van der Waals surface area (Å²) in [5.74, 6) is -2.78. The van der Waals surface area contributed by atoms with Crippen LogP contribution in [-0.4, -0.2) is 19.4 Å². The van der Waals surface area contributed by atoms with Crippen LogP contribution in [0.1, 0.15) is 18.0 Å². The molecule has 0 fully saturated rings. The summed E-state index contributed by atoms with van der Waals surface area (Å²) in [5, 5.41) is 0. The maximum Gasteiger partial charge on any atom is 0.573 e. The summed E-state index contributed by atoms with van der Waals surface area (Å²) < 4.78 is 57.0. The molecule has 0 bridgehead atoms. The van der Waals surface area contributed by atoms with Gasteiger partial charge in [-0.25, -0.2) is 4.39 Å². The largest absolute Gasteiger partial charge is 0.573 e. The molecule has 1 rings (SSSR count). The average molecular weight is 281 g/mol. The topological polar surface area (TPSA) is 61.5 Å². The van der Waals surface area contributed by atoms with Gasteiger partial charge >= 0.3 is 12.3 Å². The first-order valence-corrected chi connectivity index (χ1v) is 5.10. The molecule has 0 aliphatic carbocycles. The lowest BCUT2D eigenvalue weighted by Crippen LogP contribution is -2.19. The van der Waals surface area contributed by atoms with Crippen molar-refractivity contribution in [1.82, 2.24) is 0 Å². The van der Waals surface area contributed by atoms with Gasteiger partial charge in [0.25, 0.3) is 0 Å². The fourth-order valence-electron chi connectivity index (χ4n) is 1.34. The van der Waals surface area contributed by atoms with Crippen LogP contribution in [0.15, 0.2) is 18.2 Å². The fraction of sp³-hybridized carbons (Fsp3) is 0.364. The smallest absolute Gasteiger partial charge is 0.469 e. The van der Waals surface area contributed by atoms with Gasteiger partial charge in [-0.05, 0) is 17.7 Å². The summed E-state index contributed by atoms with van der Waals surface area (Å²) in [5.41, 5.74) is 5.75. The Morgan fingerprint density at radius 2 is 2.05 bits per heavy atom. The Morgan fingerprint density at radius 1 is 1.42 bits per heavy atom. The van der Waals surface area contributed by atoms with E-state index in [9.17, 15) is 22.4 Å². The minimum Gasteiger partial charge on any atom is -0.469 e. The third-order valence-corrected chi connectivity index (χ3v) is 2.22. The number of benzene rings is 1. The summed E-state index contributed by atoms with van der Waals surface area (Å²) in [6.45, 7) is 0. The van der Waals surface area contributed by atoms with E-state index < -0.39 is 29.9 Å². The van der Waals surface area contributed by atoms with Crippen molar-refractivity contribution in [2.24, 2.45) is 5.73 Å². The van der Waals surface area contributed by atoms with Gasteiger partial charge in [0.15, 0.2) is 11.6 Å². The van der Waals surface area contributed by atoms with Gasteiger partial charge in [0.05, 0.1) is 13.5 Å². The number of halogens is 4. The van der Waals surface area contributed by atoms with E-state index in [0.29, 0.717) is 0 Å². The maximum atomic E-state index is 13.4. The number of carbonyl (C=O) groups is 1. The Kier molecular flexibility index (Phi) is 4.71. The van der Waals surface area contributed by atoms with Gasteiger partial charge in [0.1, 0.15) is 0 Å². The first-order chi connectivity index (χ1) is 8.73. The van der Waals surface area contributed by atoms with Crippen LogP contribution >= 0.6 is 0 Å². The van der Waals surface area contributed by atoms with Crippen LogP contribution in [-0.2, 0) is 9.53 Å². The standard InChI is InChI=1S/C11H11F4NO3/c1-18-10(17)5-8(16)6-2-3-9(7(12)4-6)19-11(13,14)15/h2-4,8H,5,16H2,1H3/t8-/m0/s1. The molecule has 0 unspecified atom stereocenters. The molecule has 0 saturated heterocycles. The van der Waals surface area contributed by atoms with Crippen molar-refractivity contribution in [2.45, 2.75) is 18.8 Å². The number of esters is 1. The molecule has 2 N–H and O–H groups in total. The molecule has 8 heteroatoms. The molecular formula is C11H11F4NO3. The molecule has 4 nitrogen and oxygen atoms in total. The first-order valence-electron chi connectivity index (χ1n) is 5.10. The molecule has 0 aliphatic heterocycles. The van der Waals surface area contributed by atoms with Gasteiger partial charge in [0, 0.05) is 6.04 Å². The molecular weight excluding hydrogens is 270 g/mol. The molecule has 0 aliphatic rings. The van der Waals surface area contributed by atoms with Gasteiger partial charge in [-0.2, -0.15) is 0 Å². The number of rotatable bonds is 4. The predicted octanol–water partition coefficient (Wildman–Crippen LogP) is 2.29. The lowest BCUT2D eigenvalue weighted by atomic mass is 10.0. The minimum atomic E-state index is -4.98. The molecule has 0 heterocycles. The van der Waals surface area contributed by atoms with E-state index in [0.717, 1.165) is 25.3 Å². The van der Waals surface area contributed by atoms with Gasteiger partial charge in [-0.15, -0.1) is 13.2 Å². The van der Waals surface area contributed by atoms with Crippen LogP contribution in [0.25, 0.3) is 0 Å². The molecule has 0 spiro atoms. The highest BCUT2D eigenvalue weighted by Gasteiger charge is 2.32. The monoisotopic (exact) mass is 281 g/mol. The normalized spacial score (nSPS) is 12.9. The SMILES string of the molecule is COC(=O)C[C@H](N)c1ccc(OC(F)(F)F)c(F)c1. The fourth-order valence-corrected chi connectivity index (χ4v) is 1.34.